The first kappa shape index (κ1) is 15.9. The zero-order valence-corrected chi connectivity index (χ0v) is 13.8. The molecule has 4 heteroatoms. The largest absolute Gasteiger partial charge is 0.362 e. The topological polar surface area (TPSA) is 24.1 Å². The van der Waals surface area contributed by atoms with Crippen LogP contribution < -0.4 is 10.6 Å². The van der Waals surface area contributed by atoms with E-state index in [1.807, 2.05) is 42.5 Å². The second kappa shape index (κ2) is 7.09. The number of anilines is 1. The molecule has 2 N–H and O–H groups in total. The van der Waals surface area contributed by atoms with Crippen LogP contribution in [0, 0.1) is 5.82 Å². The highest BCUT2D eigenvalue weighted by atomic mass is 32.1. The van der Waals surface area contributed by atoms with Gasteiger partial charge in [0.15, 0.2) is 5.11 Å². The summed E-state index contributed by atoms with van der Waals surface area (Å²) >= 11 is 5.41. The average molecular weight is 328 g/mol. The molecule has 2 aromatic carbocycles. The van der Waals surface area contributed by atoms with Crippen LogP contribution in [0.1, 0.15) is 31.2 Å². The van der Waals surface area contributed by atoms with Crippen molar-refractivity contribution in [2.45, 2.75) is 31.1 Å². The van der Waals surface area contributed by atoms with Crippen LogP contribution >= 0.6 is 12.2 Å². The first-order valence-electron chi connectivity index (χ1n) is 8.04. The first-order valence-corrected chi connectivity index (χ1v) is 8.45. The molecule has 0 atom stereocenters. The molecule has 0 heterocycles. The summed E-state index contributed by atoms with van der Waals surface area (Å²) in [5.74, 6) is -0.184. The number of rotatable bonds is 4. The summed E-state index contributed by atoms with van der Waals surface area (Å²) in [6.07, 6.45) is 4.63. The minimum Gasteiger partial charge on any atom is -0.362 e. The van der Waals surface area contributed by atoms with Crippen LogP contribution in [0.25, 0.3) is 0 Å². The number of halogens is 1. The zero-order valence-electron chi connectivity index (χ0n) is 13.0. The Balaban J connectivity index is 1.66. The lowest BCUT2D eigenvalue weighted by Crippen LogP contribution is -2.40. The number of benzene rings is 2. The lowest BCUT2D eigenvalue weighted by Gasteiger charge is -2.30. The zero-order chi connectivity index (χ0) is 16.1. The van der Waals surface area contributed by atoms with Gasteiger partial charge in [-0.2, -0.15) is 0 Å². The van der Waals surface area contributed by atoms with Gasteiger partial charge in [0.2, 0.25) is 0 Å². The Morgan fingerprint density at radius 2 is 1.65 bits per heavy atom. The average Bonchev–Trinajstić information content (AvgIpc) is 3.05. The van der Waals surface area contributed by atoms with Gasteiger partial charge in [-0.3, -0.25) is 0 Å². The van der Waals surface area contributed by atoms with E-state index < -0.39 is 0 Å². The van der Waals surface area contributed by atoms with E-state index in [0.717, 1.165) is 25.1 Å². The van der Waals surface area contributed by atoms with Crippen molar-refractivity contribution in [2.24, 2.45) is 0 Å². The molecule has 2 nitrogen and oxygen atoms in total. The lowest BCUT2D eigenvalue weighted by molar-refractivity contribution is 0.434. The lowest BCUT2D eigenvalue weighted by atomic mass is 9.79. The fourth-order valence-electron chi connectivity index (χ4n) is 3.37. The molecule has 0 saturated heterocycles. The Hall–Kier alpha value is -1.94. The molecule has 0 spiro atoms. The van der Waals surface area contributed by atoms with Gasteiger partial charge in [-0.1, -0.05) is 43.2 Å². The van der Waals surface area contributed by atoms with Gasteiger partial charge in [-0.15, -0.1) is 0 Å². The van der Waals surface area contributed by atoms with E-state index in [0.29, 0.717) is 5.11 Å². The van der Waals surface area contributed by atoms with Crippen molar-refractivity contribution < 1.29 is 4.39 Å². The Morgan fingerprint density at radius 1 is 1.00 bits per heavy atom. The molecule has 0 aliphatic heterocycles. The van der Waals surface area contributed by atoms with E-state index in [4.69, 9.17) is 12.2 Å². The maximum Gasteiger partial charge on any atom is 0.170 e. The van der Waals surface area contributed by atoms with E-state index in [9.17, 15) is 4.39 Å². The maximum atomic E-state index is 13.2. The summed E-state index contributed by atoms with van der Waals surface area (Å²) in [4.78, 5) is 0. The smallest absolute Gasteiger partial charge is 0.170 e. The van der Waals surface area contributed by atoms with Gasteiger partial charge in [0.1, 0.15) is 5.82 Å². The summed E-state index contributed by atoms with van der Waals surface area (Å²) in [5, 5.41) is 7.19. The fraction of sp³-hybridized carbons (Fsp3) is 0.316. The maximum absolute atomic E-state index is 13.2. The van der Waals surface area contributed by atoms with Crippen molar-refractivity contribution in [3.63, 3.8) is 0 Å². The molecule has 23 heavy (non-hydrogen) atoms. The summed E-state index contributed by atoms with van der Waals surface area (Å²) < 4.78 is 13.2. The molecule has 3 rings (SSSR count). The van der Waals surface area contributed by atoms with Crippen molar-refractivity contribution in [3.05, 3.63) is 66.0 Å². The normalized spacial score (nSPS) is 16.0. The van der Waals surface area contributed by atoms with Gasteiger partial charge < -0.3 is 10.6 Å². The Kier molecular flexibility index (Phi) is 4.91. The molecular formula is C19H21FN2S. The standard InChI is InChI=1S/C19H21FN2S/c20-16-10-8-15(9-11-16)19(12-4-5-13-19)14-21-18(23)22-17-6-2-1-3-7-17/h1-3,6-11H,4-5,12-14H2,(H2,21,22,23). The van der Waals surface area contributed by atoms with Crippen LogP contribution in [0.4, 0.5) is 10.1 Å². The number of hydrogen-bond acceptors (Lipinski definition) is 1. The predicted octanol–water partition coefficient (Wildman–Crippen LogP) is 4.62. The second-order valence-corrected chi connectivity index (χ2v) is 6.58. The van der Waals surface area contributed by atoms with E-state index in [2.05, 4.69) is 10.6 Å². The Morgan fingerprint density at radius 3 is 2.30 bits per heavy atom. The molecule has 1 fully saturated rings. The van der Waals surface area contributed by atoms with Crippen LogP contribution in [-0.4, -0.2) is 11.7 Å². The predicted molar refractivity (Wildman–Crippen MR) is 97.2 cm³/mol. The molecule has 0 aromatic heterocycles. The third-order valence-electron chi connectivity index (χ3n) is 4.64. The van der Waals surface area contributed by atoms with E-state index >= 15 is 0 Å². The molecule has 1 aliphatic rings. The van der Waals surface area contributed by atoms with Gasteiger partial charge >= 0.3 is 0 Å². The third-order valence-corrected chi connectivity index (χ3v) is 4.88. The number of thiocarbonyl (C=S) groups is 1. The molecule has 0 bridgehead atoms. The van der Waals surface area contributed by atoms with Crippen LogP contribution in [0.2, 0.25) is 0 Å². The van der Waals surface area contributed by atoms with Gasteiger partial charge in [-0.05, 0) is 54.9 Å². The number of nitrogens with one attached hydrogen (secondary N) is 2. The van der Waals surface area contributed by atoms with Crippen LogP contribution in [0.5, 0.6) is 0 Å². The molecule has 120 valence electrons. The van der Waals surface area contributed by atoms with Crippen molar-refractivity contribution in [2.75, 3.05) is 11.9 Å². The fourth-order valence-corrected chi connectivity index (χ4v) is 3.56. The number of hydrogen-bond donors (Lipinski definition) is 2. The van der Waals surface area contributed by atoms with E-state index in [1.165, 1.54) is 18.4 Å². The quantitative estimate of drug-likeness (QED) is 0.801. The summed E-state index contributed by atoms with van der Waals surface area (Å²) in [5.41, 5.74) is 2.23. The summed E-state index contributed by atoms with van der Waals surface area (Å²) in [6, 6.07) is 16.8. The highest BCUT2D eigenvalue weighted by Gasteiger charge is 2.35. The van der Waals surface area contributed by atoms with Crippen molar-refractivity contribution in [1.82, 2.24) is 5.32 Å². The molecule has 1 aliphatic carbocycles. The van der Waals surface area contributed by atoms with E-state index in [-0.39, 0.29) is 11.2 Å². The minimum atomic E-state index is -0.184. The third kappa shape index (κ3) is 3.88. The summed E-state index contributed by atoms with van der Waals surface area (Å²) in [7, 11) is 0. The Bertz CT molecular complexity index is 649. The van der Waals surface area contributed by atoms with Crippen molar-refractivity contribution in [3.8, 4) is 0 Å². The summed E-state index contributed by atoms with van der Waals surface area (Å²) in [6.45, 7) is 0.775. The van der Waals surface area contributed by atoms with Gasteiger partial charge in [0.25, 0.3) is 0 Å². The molecule has 0 unspecified atom stereocenters. The second-order valence-electron chi connectivity index (χ2n) is 6.17. The molecule has 2 aromatic rings. The van der Waals surface area contributed by atoms with Gasteiger partial charge in [0, 0.05) is 17.6 Å². The highest BCUT2D eigenvalue weighted by molar-refractivity contribution is 7.80. The minimum absolute atomic E-state index is 0.0517. The SMILES string of the molecule is Fc1ccc(C2(CNC(=S)Nc3ccccc3)CCCC2)cc1. The van der Waals surface area contributed by atoms with Crippen molar-refractivity contribution in [1.29, 1.82) is 0 Å². The highest BCUT2D eigenvalue weighted by Crippen LogP contribution is 2.40. The molecule has 1 saturated carbocycles. The van der Waals surface area contributed by atoms with Crippen LogP contribution in [0.15, 0.2) is 54.6 Å². The van der Waals surface area contributed by atoms with Crippen LogP contribution in [-0.2, 0) is 5.41 Å². The molecule has 0 radical (unpaired) electrons. The van der Waals surface area contributed by atoms with Gasteiger partial charge in [-0.25, -0.2) is 4.39 Å². The van der Waals surface area contributed by atoms with Crippen molar-refractivity contribution >= 4 is 23.0 Å². The monoisotopic (exact) mass is 328 g/mol. The molecule has 0 amide bonds. The molecular weight excluding hydrogens is 307 g/mol. The first-order chi connectivity index (χ1) is 11.2. The number of para-hydroxylation sites is 1. The Labute approximate surface area is 142 Å². The van der Waals surface area contributed by atoms with Crippen LogP contribution in [0.3, 0.4) is 0 Å². The van der Waals surface area contributed by atoms with Gasteiger partial charge in [0.05, 0.1) is 0 Å². The van der Waals surface area contributed by atoms with E-state index in [1.54, 1.807) is 12.1 Å².